The Labute approximate surface area is 218 Å². The number of β-lactam (4-membered cyclic amide) rings is 1. The Morgan fingerprint density at radius 2 is 2.00 bits per heavy atom. The van der Waals surface area contributed by atoms with Crippen LogP contribution in [0.4, 0.5) is 5.13 Å². The Bertz CT molecular complexity index is 1320. The summed E-state index contributed by atoms with van der Waals surface area (Å²) in [7, 11) is 0. The number of aromatic nitrogens is 2. The summed E-state index contributed by atoms with van der Waals surface area (Å²) < 4.78 is 1.81. The molecule has 194 valence electrons. The first-order valence-corrected chi connectivity index (χ1v) is 12.8. The summed E-state index contributed by atoms with van der Waals surface area (Å²) in [5, 5.41) is 26.3. The molecule has 1 saturated heterocycles. The summed E-state index contributed by atoms with van der Waals surface area (Å²) in [6, 6.07) is 4.44. The van der Waals surface area contributed by atoms with Crippen LogP contribution in [0.3, 0.4) is 0 Å². The van der Waals surface area contributed by atoms with Crippen LogP contribution in [0, 0.1) is 0 Å². The number of carbonyl (C=O) groups is 4. The predicted octanol–water partition coefficient (Wildman–Crippen LogP) is 0.0355. The lowest BCUT2D eigenvalue weighted by Gasteiger charge is -2.49. The van der Waals surface area contributed by atoms with E-state index in [2.05, 4.69) is 15.5 Å². The molecule has 2 aromatic heterocycles. The van der Waals surface area contributed by atoms with Crippen molar-refractivity contribution >= 4 is 57.7 Å². The molecule has 0 aromatic carbocycles. The molecule has 0 saturated carbocycles. The SMILES string of the molecule is CC(C)(O/N=C(\C(=O)NC1C(=O)N2C(C(=O)O)=C(C[n+]3ccccc3)CS[C@H]12)c1csc(N)n1)C(=O)O. The molecule has 2 atom stereocenters. The summed E-state index contributed by atoms with van der Waals surface area (Å²) >= 11 is 2.35. The van der Waals surface area contributed by atoms with Crippen LogP contribution >= 0.6 is 23.1 Å². The lowest BCUT2D eigenvalue weighted by Crippen LogP contribution is -2.71. The minimum Gasteiger partial charge on any atom is -0.478 e. The van der Waals surface area contributed by atoms with Gasteiger partial charge in [0.05, 0.1) is 0 Å². The van der Waals surface area contributed by atoms with Gasteiger partial charge in [0.1, 0.15) is 22.8 Å². The molecule has 2 amide bonds. The zero-order valence-electron chi connectivity index (χ0n) is 19.7. The minimum absolute atomic E-state index is 0.0365. The van der Waals surface area contributed by atoms with Gasteiger partial charge in [0.25, 0.3) is 11.8 Å². The van der Waals surface area contributed by atoms with Crippen LogP contribution in [0.15, 0.2) is 52.4 Å². The number of carboxylic acids is 2. The van der Waals surface area contributed by atoms with E-state index in [0.717, 1.165) is 11.3 Å². The number of nitrogens with zero attached hydrogens (tertiary/aromatic N) is 4. The quantitative estimate of drug-likeness (QED) is 0.144. The Morgan fingerprint density at radius 1 is 1.30 bits per heavy atom. The number of aliphatic carboxylic acids is 2. The van der Waals surface area contributed by atoms with Crippen LogP contribution in [0.1, 0.15) is 19.5 Å². The van der Waals surface area contributed by atoms with E-state index in [1.807, 2.05) is 22.8 Å². The molecule has 0 radical (unpaired) electrons. The lowest BCUT2D eigenvalue weighted by molar-refractivity contribution is -0.689. The van der Waals surface area contributed by atoms with Crippen molar-refractivity contribution < 1.29 is 38.8 Å². The molecule has 13 nitrogen and oxygen atoms in total. The van der Waals surface area contributed by atoms with Gasteiger partial charge in [-0.25, -0.2) is 19.1 Å². The highest BCUT2D eigenvalue weighted by molar-refractivity contribution is 8.00. The van der Waals surface area contributed by atoms with Crippen molar-refractivity contribution in [3.8, 4) is 0 Å². The zero-order chi connectivity index (χ0) is 26.9. The van der Waals surface area contributed by atoms with Gasteiger partial charge in [0, 0.05) is 28.8 Å². The van der Waals surface area contributed by atoms with Gasteiger partial charge in [0.2, 0.25) is 5.60 Å². The first-order valence-electron chi connectivity index (χ1n) is 10.9. The fourth-order valence-corrected chi connectivity index (χ4v) is 5.46. The highest BCUT2D eigenvalue weighted by Crippen LogP contribution is 2.40. The van der Waals surface area contributed by atoms with Gasteiger partial charge in [-0.1, -0.05) is 11.2 Å². The molecule has 0 spiro atoms. The van der Waals surface area contributed by atoms with E-state index in [0.29, 0.717) is 17.9 Å². The molecule has 2 aliphatic heterocycles. The van der Waals surface area contributed by atoms with Crippen LogP contribution < -0.4 is 15.6 Å². The first kappa shape index (κ1) is 26.1. The van der Waals surface area contributed by atoms with E-state index in [1.165, 1.54) is 35.9 Å². The second-order valence-corrected chi connectivity index (χ2v) is 10.6. The molecule has 2 aromatic rings. The molecule has 0 aliphatic carbocycles. The third kappa shape index (κ3) is 5.27. The maximum Gasteiger partial charge on any atom is 0.352 e. The first-order chi connectivity index (χ1) is 17.5. The van der Waals surface area contributed by atoms with Crippen molar-refractivity contribution in [2.45, 2.75) is 37.4 Å². The molecule has 5 N–H and O–H groups in total. The second kappa shape index (κ2) is 10.2. The number of hydrogen-bond acceptors (Lipinski definition) is 10. The van der Waals surface area contributed by atoms with Crippen LogP contribution in [0.2, 0.25) is 0 Å². The molecule has 1 unspecified atom stereocenters. The summed E-state index contributed by atoms with van der Waals surface area (Å²) in [6.07, 6.45) is 3.59. The van der Waals surface area contributed by atoms with Crippen molar-refractivity contribution in [1.82, 2.24) is 15.2 Å². The van der Waals surface area contributed by atoms with Crippen LogP contribution in [0.25, 0.3) is 0 Å². The maximum absolute atomic E-state index is 13.1. The fraction of sp³-hybridized carbons (Fsp3) is 0.318. The summed E-state index contributed by atoms with van der Waals surface area (Å²) in [6.45, 7) is 2.80. The Morgan fingerprint density at radius 3 is 2.59 bits per heavy atom. The van der Waals surface area contributed by atoms with Gasteiger partial charge < -0.3 is 26.1 Å². The number of hydrogen-bond donors (Lipinski definition) is 4. The number of carbonyl (C=O) groups excluding carboxylic acids is 2. The smallest absolute Gasteiger partial charge is 0.352 e. The number of fused-ring (bicyclic) bond motifs is 1. The number of rotatable bonds is 9. The van der Waals surface area contributed by atoms with Crippen molar-refractivity contribution in [3.63, 3.8) is 0 Å². The number of oxime groups is 1. The van der Waals surface area contributed by atoms with Gasteiger partial charge in [-0.2, -0.15) is 0 Å². The molecular formula is C22H23N6O7S2+. The second-order valence-electron chi connectivity index (χ2n) is 8.58. The number of carboxylic acid groups (broad SMARTS) is 2. The fourth-order valence-electron chi connectivity index (χ4n) is 3.57. The van der Waals surface area contributed by atoms with E-state index in [4.69, 9.17) is 10.6 Å². The summed E-state index contributed by atoms with van der Waals surface area (Å²) in [4.78, 5) is 59.9. The third-order valence-corrected chi connectivity index (χ3v) is 7.56. The molecule has 0 bridgehead atoms. The maximum atomic E-state index is 13.1. The van der Waals surface area contributed by atoms with Crippen LogP contribution in [-0.2, 0) is 30.6 Å². The standard InChI is InChI=1S/C22H22N6O7S2/c1-22(2,20(33)34)35-26-13(12-10-37-21(23)24-12)16(29)25-14-17(30)28-15(19(31)32)11(9-36-18(14)28)8-27-6-4-3-5-7-27/h3-7,10,14,18H,8-9H2,1-2H3,(H4-,23,24,25,29,31,32,33,34)/p+1/b26-13-/t14?,18-/m1/s1. The van der Waals surface area contributed by atoms with Crippen molar-refractivity contribution in [2.24, 2.45) is 5.16 Å². The number of nitrogens with one attached hydrogen (secondary N) is 1. The summed E-state index contributed by atoms with van der Waals surface area (Å²) in [5.41, 5.74) is 4.04. The molecule has 2 aliphatic rings. The van der Waals surface area contributed by atoms with Crippen LogP contribution in [0.5, 0.6) is 0 Å². The number of thioether (sulfide) groups is 1. The van der Waals surface area contributed by atoms with E-state index in [9.17, 15) is 29.4 Å². The monoisotopic (exact) mass is 547 g/mol. The zero-order valence-corrected chi connectivity index (χ0v) is 21.3. The number of thiazole rings is 1. The van der Waals surface area contributed by atoms with Gasteiger partial charge in [-0.05, 0) is 13.8 Å². The average molecular weight is 548 g/mol. The predicted molar refractivity (Wildman–Crippen MR) is 132 cm³/mol. The Hall–Kier alpha value is -3.98. The number of nitrogen functional groups attached to an aromatic ring is 1. The lowest BCUT2D eigenvalue weighted by atomic mass is 10.0. The molecule has 1 fully saturated rings. The average Bonchev–Trinajstić information content (AvgIpc) is 3.28. The molecule has 4 heterocycles. The number of pyridine rings is 1. The van der Waals surface area contributed by atoms with E-state index >= 15 is 0 Å². The van der Waals surface area contributed by atoms with Gasteiger partial charge in [-0.15, -0.1) is 23.1 Å². The van der Waals surface area contributed by atoms with Gasteiger partial charge in [-0.3, -0.25) is 14.5 Å². The molecule has 37 heavy (non-hydrogen) atoms. The normalized spacial score (nSPS) is 19.7. The highest BCUT2D eigenvalue weighted by Gasteiger charge is 2.54. The largest absolute Gasteiger partial charge is 0.478 e. The Kier molecular flexibility index (Phi) is 7.18. The number of nitrogens with two attached hydrogens (primary N) is 1. The van der Waals surface area contributed by atoms with E-state index in [1.54, 1.807) is 12.4 Å². The topological polar surface area (TPSA) is 188 Å². The summed E-state index contributed by atoms with van der Waals surface area (Å²) in [5.74, 6) is -3.66. The van der Waals surface area contributed by atoms with Gasteiger partial charge >= 0.3 is 11.9 Å². The van der Waals surface area contributed by atoms with Gasteiger partial charge in [0.15, 0.2) is 29.8 Å². The number of anilines is 1. The van der Waals surface area contributed by atoms with Crippen molar-refractivity contribution in [1.29, 1.82) is 0 Å². The van der Waals surface area contributed by atoms with Crippen LogP contribution in [-0.4, -0.2) is 72.3 Å². The van der Waals surface area contributed by atoms with Crippen molar-refractivity contribution in [3.05, 3.63) is 52.9 Å². The van der Waals surface area contributed by atoms with E-state index in [-0.39, 0.29) is 22.2 Å². The third-order valence-electron chi connectivity index (χ3n) is 5.55. The number of amides is 2. The minimum atomic E-state index is -1.75. The molecule has 15 heteroatoms. The van der Waals surface area contributed by atoms with E-state index < -0.39 is 40.8 Å². The van der Waals surface area contributed by atoms with Crippen molar-refractivity contribution in [2.75, 3.05) is 11.5 Å². The highest BCUT2D eigenvalue weighted by atomic mass is 32.2. The Balaban J connectivity index is 1.55. The molecule has 4 rings (SSSR count). The molecular weight excluding hydrogens is 524 g/mol.